The molecule has 17 heavy (non-hydrogen) atoms. The van der Waals surface area contributed by atoms with Crippen LogP contribution in [0.1, 0.15) is 11.1 Å². The van der Waals surface area contributed by atoms with Gasteiger partial charge in [0.15, 0.2) is 0 Å². The first kappa shape index (κ1) is 11.6. The number of aryl methyl sites for hydroxylation is 1. The predicted molar refractivity (Wildman–Crippen MR) is 66.3 cm³/mol. The first-order chi connectivity index (χ1) is 8.29. The Labute approximate surface area is 101 Å². The standard InChI is InChI=1S/C14H15NO2/c1-11-3-2-9-15-14(11)17-13-6-4-12(5-7-13)8-10-16/h2-7,9,16H,8,10H2,1H3. The zero-order valence-corrected chi connectivity index (χ0v) is 9.76. The highest BCUT2D eigenvalue weighted by atomic mass is 16.5. The fraction of sp³-hybridized carbons (Fsp3) is 0.214. The minimum Gasteiger partial charge on any atom is -0.439 e. The lowest BCUT2D eigenvalue weighted by Gasteiger charge is -2.07. The van der Waals surface area contributed by atoms with E-state index in [4.69, 9.17) is 9.84 Å². The number of ether oxygens (including phenoxy) is 1. The summed E-state index contributed by atoms with van der Waals surface area (Å²) in [6.07, 6.45) is 2.38. The monoisotopic (exact) mass is 229 g/mol. The molecule has 0 fully saturated rings. The van der Waals surface area contributed by atoms with Crippen LogP contribution in [0.25, 0.3) is 0 Å². The molecule has 88 valence electrons. The summed E-state index contributed by atoms with van der Waals surface area (Å²) in [6.45, 7) is 2.13. The molecule has 0 aliphatic rings. The summed E-state index contributed by atoms with van der Waals surface area (Å²) in [5.74, 6) is 1.39. The van der Waals surface area contributed by atoms with Gasteiger partial charge in [0, 0.05) is 18.4 Å². The van der Waals surface area contributed by atoms with Gasteiger partial charge in [-0.25, -0.2) is 4.98 Å². The van der Waals surface area contributed by atoms with E-state index in [1.807, 2.05) is 43.3 Å². The molecular formula is C14H15NO2. The molecule has 0 aliphatic heterocycles. The van der Waals surface area contributed by atoms with Gasteiger partial charge in [0.25, 0.3) is 0 Å². The van der Waals surface area contributed by atoms with Gasteiger partial charge in [-0.05, 0) is 37.1 Å². The molecule has 2 aromatic rings. The number of hydrogen-bond donors (Lipinski definition) is 1. The molecule has 1 aromatic carbocycles. The van der Waals surface area contributed by atoms with Gasteiger partial charge in [0.1, 0.15) is 5.75 Å². The van der Waals surface area contributed by atoms with Crippen LogP contribution in [0.2, 0.25) is 0 Å². The lowest BCUT2D eigenvalue weighted by molar-refractivity contribution is 0.299. The van der Waals surface area contributed by atoms with E-state index >= 15 is 0 Å². The van der Waals surface area contributed by atoms with E-state index < -0.39 is 0 Å². The summed E-state index contributed by atoms with van der Waals surface area (Å²) in [5.41, 5.74) is 2.10. The maximum absolute atomic E-state index is 8.82. The highest BCUT2D eigenvalue weighted by Crippen LogP contribution is 2.22. The average Bonchev–Trinajstić information content (AvgIpc) is 2.35. The Balaban J connectivity index is 2.11. The number of hydrogen-bond acceptors (Lipinski definition) is 3. The highest BCUT2D eigenvalue weighted by Gasteiger charge is 2.01. The molecule has 0 radical (unpaired) electrons. The molecule has 3 heteroatoms. The summed E-state index contributed by atoms with van der Waals surface area (Å²) in [4.78, 5) is 4.17. The molecule has 0 unspecified atom stereocenters. The van der Waals surface area contributed by atoms with Crippen molar-refractivity contribution in [2.75, 3.05) is 6.61 Å². The van der Waals surface area contributed by atoms with E-state index in [9.17, 15) is 0 Å². The number of aliphatic hydroxyl groups is 1. The molecule has 0 saturated carbocycles. The quantitative estimate of drug-likeness (QED) is 0.876. The molecule has 0 bridgehead atoms. The van der Waals surface area contributed by atoms with Crippen LogP contribution in [0.3, 0.4) is 0 Å². The lowest BCUT2D eigenvalue weighted by Crippen LogP contribution is -1.92. The minimum absolute atomic E-state index is 0.166. The number of nitrogens with zero attached hydrogens (tertiary/aromatic N) is 1. The predicted octanol–water partition coefficient (Wildman–Crippen LogP) is 2.72. The zero-order valence-electron chi connectivity index (χ0n) is 9.76. The minimum atomic E-state index is 0.166. The van der Waals surface area contributed by atoms with Crippen LogP contribution in [0.5, 0.6) is 11.6 Å². The molecule has 0 amide bonds. The van der Waals surface area contributed by atoms with Crippen molar-refractivity contribution >= 4 is 0 Å². The van der Waals surface area contributed by atoms with Gasteiger partial charge >= 0.3 is 0 Å². The van der Waals surface area contributed by atoms with Crippen LogP contribution in [-0.4, -0.2) is 16.7 Å². The maximum Gasteiger partial charge on any atom is 0.222 e. The van der Waals surface area contributed by atoms with E-state index in [-0.39, 0.29) is 6.61 Å². The van der Waals surface area contributed by atoms with Gasteiger partial charge < -0.3 is 9.84 Å². The van der Waals surface area contributed by atoms with Crippen LogP contribution in [0, 0.1) is 6.92 Å². The van der Waals surface area contributed by atoms with Gasteiger partial charge in [-0.15, -0.1) is 0 Å². The Hall–Kier alpha value is -1.87. The third kappa shape index (κ3) is 3.04. The number of rotatable bonds is 4. The first-order valence-corrected chi connectivity index (χ1v) is 5.59. The maximum atomic E-state index is 8.82. The van der Waals surface area contributed by atoms with Crippen molar-refractivity contribution in [1.82, 2.24) is 4.98 Å². The third-order valence-electron chi connectivity index (χ3n) is 2.50. The summed E-state index contributed by atoms with van der Waals surface area (Å²) in [5, 5.41) is 8.82. The second kappa shape index (κ2) is 5.46. The van der Waals surface area contributed by atoms with E-state index in [1.165, 1.54) is 0 Å². The second-order valence-corrected chi connectivity index (χ2v) is 3.85. The van der Waals surface area contributed by atoms with Crippen LogP contribution in [0.4, 0.5) is 0 Å². The van der Waals surface area contributed by atoms with E-state index in [0.717, 1.165) is 16.9 Å². The Morgan fingerprint density at radius 2 is 1.94 bits per heavy atom. The van der Waals surface area contributed by atoms with Gasteiger partial charge in [-0.2, -0.15) is 0 Å². The Morgan fingerprint density at radius 3 is 2.59 bits per heavy atom. The summed E-state index contributed by atoms with van der Waals surface area (Å²) < 4.78 is 5.67. The summed E-state index contributed by atoms with van der Waals surface area (Å²) in [6, 6.07) is 11.5. The summed E-state index contributed by atoms with van der Waals surface area (Å²) in [7, 11) is 0. The van der Waals surface area contributed by atoms with Crippen LogP contribution in [-0.2, 0) is 6.42 Å². The Morgan fingerprint density at radius 1 is 1.18 bits per heavy atom. The number of aliphatic hydroxyl groups excluding tert-OH is 1. The lowest BCUT2D eigenvalue weighted by atomic mass is 10.1. The Bertz CT molecular complexity index is 480. The molecular weight excluding hydrogens is 214 g/mol. The fourth-order valence-electron chi connectivity index (χ4n) is 1.54. The zero-order chi connectivity index (χ0) is 12.1. The number of aromatic nitrogens is 1. The molecule has 2 rings (SSSR count). The molecule has 0 spiro atoms. The smallest absolute Gasteiger partial charge is 0.222 e. The largest absolute Gasteiger partial charge is 0.439 e. The SMILES string of the molecule is Cc1cccnc1Oc1ccc(CCO)cc1. The van der Waals surface area contributed by atoms with Gasteiger partial charge in [0.05, 0.1) is 0 Å². The highest BCUT2D eigenvalue weighted by molar-refractivity contribution is 5.33. The van der Waals surface area contributed by atoms with Crippen molar-refractivity contribution in [2.24, 2.45) is 0 Å². The van der Waals surface area contributed by atoms with Crippen molar-refractivity contribution in [2.45, 2.75) is 13.3 Å². The van der Waals surface area contributed by atoms with Crippen molar-refractivity contribution in [1.29, 1.82) is 0 Å². The van der Waals surface area contributed by atoms with Crippen LogP contribution >= 0.6 is 0 Å². The van der Waals surface area contributed by atoms with E-state index in [0.29, 0.717) is 12.3 Å². The Kier molecular flexibility index (Phi) is 3.73. The molecule has 3 nitrogen and oxygen atoms in total. The van der Waals surface area contributed by atoms with Gasteiger partial charge in [-0.1, -0.05) is 18.2 Å². The van der Waals surface area contributed by atoms with Crippen molar-refractivity contribution in [3.63, 3.8) is 0 Å². The fourth-order valence-corrected chi connectivity index (χ4v) is 1.54. The van der Waals surface area contributed by atoms with Crippen LogP contribution in [0.15, 0.2) is 42.6 Å². The topological polar surface area (TPSA) is 42.4 Å². The molecule has 1 N–H and O–H groups in total. The van der Waals surface area contributed by atoms with Crippen LogP contribution < -0.4 is 4.74 Å². The van der Waals surface area contributed by atoms with Gasteiger partial charge in [0.2, 0.25) is 5.88 Å². The first-order valence-electron chi connectivity index (χ1n) is 5.59. The summed E-state index contributed by atoms with van der Waals surface area (Å²) >= 11 is 0. The normalized spacial score (nSPS) is 10.2. The van der Waals surface area contributed by atoms with Crippen molar-refractivity contribution in [3.8, 4) is 11.6 Å². The van der Waals surface area contributed by atoms with Crippen molar-refractivity contribution < 1.29 is 9.84 Å². The molecule has 0 atom stereocenters. The molecule has 1 heterocycles. The van der Waals surface area contributed by atoms with E-state index in [2.05, 4.69) is 4.98 Å². The van der Waals surface area contributed by atoms with Gasteiger partial charge in [-0.3, -0.25) is 0 Å². The molecule has 1 aromatic heterocycles. The molecule has 0 saturated heterocycles. The van der Waals surface area contributed by atoms with Crippen molar-refractivity contribution in [3.05, 3.63) is 53.7 Å². The second-order valence-electron chi connectivity index (χ2n) is 3.85. The number of benzene rings is 1. The van der Waals surface area contributed by atoms with E-state index in [1.54, 1.807) is 6.20 Å². The average molecular weight is 229 g/mol. The number of pyridine rings is 1. The third-order valence-corrected chi connectivity index (χ3v) is 2.50. The molecule has 0 aliphatic carbocycles.